The van der Waals surface area contributed by atoms with Crippen LogP contribution in [0.3, 0.4) is 0 Å². The third-order valence-corrected chi connectivity index (χ3v) is 2.90. The Balaban J connectivity index is 1.90. The van der Waals surface area contributed by atoms with Crippen LogP contribution in [-0.2, 0) is 0 Å². The van der Waals surface area contributed by atoms with E-state index in [4.69, 9.17) is 0 Å². The predicted molar refractivity (Wildman–Crippen MR) is 49.2 cm³/mol. The van der Waals surface area contributed by atoms with Crippen LogP contribution in [0.5, 0.6) is 0 Å². The van der Waals surface area contributed by atoms with Crippen molar-refractivity contribution in [2.45, 2.75) is 33.2 Å². The van der Waals surface area contributed by atoms with Crippen molar-refractivity contribution in [3.05, 3.63) is 0 Å². The quantitative estimate of drug-likeness (QED) is 0.731. The Labute approximate surface area is 77.3 Å². The molecule has 0 spiro atoms. The fourth-order valence-electron chi connectivity index (χ4n) is 1.89. The van der Waals surface area contributed by atoms with Gasteiger partial charge in [0.2, 0.25) is 0 Å². The van der Waals surface area contributed by atoms with Crippen molar-refractivity contribution < 1.29 is 0 Å². The molecule has 1 aromatic heterocycles. The van der Waals surface area contributed by atoms with Gasteiger partial charge in [0, 0.05) is 6.04 Å². The molecule has 0 aromatic carbocycles. The van der Waals surface area contributed by atoms with E-state index in [2.05, 4.69) is 46.7 Å². The minimum atomic E-state index is 0.424. The van der Waals surface area contributed by atoms with Crippen molar-refractivity contribution in [1.29, 1.82) is 0 Å². The summed E-state index contributed by atoms with van der Waals surface area (Å²) in [7, 11) is 0. The second-order valence-electron chi connectivity index (χ2n) is 4.47. The van der Waals surface area contributed by atoms with Crippen molar-refractivity contribution in [1.82, 2.24) is 20.6 Å². The lowest BCUT2D eigenvalue weighted by Gasteiger charge is -2.13. The molecule has 2 N–H and O–H groups in total. The third-order valence-electron chi connectivity index (χ3n) is 2.90. The number of hydrogen-bond donors (Lipinski definition) is 2. The monoisotopic (exact) mass is 181 g/mol. The summed E-state index contributed by atoms with van der Waals surface area (Å²) in [6.07, 6.45) is 1.28. The molecule has 1 aliphatic rings. The first-order valence-electron chi connectivity index (χ1n) is 4.59. The van der Waals surface area contributed by atoms with Gasteiger partial charge in [0.25, 0.3) is 5.95 Å². The van der Waals surface area contributed by atoms with Gasteiger partial charge in [-0.05, 0) is 29.9 Å². The molecule has 5 nitrogen and oxygen atoms in total. The van der Waals surface area contributed by atoms with Gasteiger partial charge < -0.3 is 5.32 Å². The smallest absolute Gasteiger partial charge is 0.263 e. The van der Waals surface area contributed by atoms with Crippen molar-refractivity contribution in [3.8, 4) is 0 Å². The summed E-state index contributed by atoms with van der Waals surface area (Å²) in [5, 5.41) is 16.8. The second-order valence-corrected chi connectivity index (χ2v) is 4.47. The van der Waals surface area contributed by atoms with E-state index in [1.54, 1.807) is 0 Å². The summed E-state index contributed by atoms with van der Waals surface area (Å²) >= 11 is 0. The number of nitrogens with one attached hydrogen (secondary N) is 2. The standard InChI is InChI=1S/C8H15N5/c1-5(6-4-8(6,2)3)9-7-10-12-13-11-7/h5-6H,4H2,1-3H3,(H2,9,10,11,12,13). The summed E-state index contributed by atoms with van der Waals surface area (Å²) in [6.45, 7) is 6.73. The minimum Gasteiger partial charge on any atom is -0.349 e. The van der Waals surface area contributed by atoms with E-state index < -0.39 is 0 Å². The number of aromatic nitrogens is 4. The second kappa shape index (κ2) is 2.68. The zero-order chi connectivity index (χ0) is 9.47. The molecule has 2 atom stereocenters. The Morgan fingerprint density at radius 3 is 2.77 bits per heavy atom. The SMILES string of the molecule is CC(Nc1nn[nH]n1)C1CC1(C)C. The molecule has 0 radical (unpaired) electrons. The van der Waals surface area contributed by atoms with Crippen LogP contribution in [0, 0.1) is 11.3 Å². The molecule has 1 heterocycles. The van der Waals surface area contributed by atoms with Crippen LogP contribution in [0.25, 0.3) is 0 Å². The summed E-state index contributed by atoms with van der Waals surface area (Å²) < 4.78 is 0. The highest BCUT2D eigenvalue weighted by Crippen LogP contribution is 2.53. The van der Waals surface area contributed by atoms with E-state index in [0.717, 1.165) is 5.92 Å². The summed E-state index contributed by atoms with van der Waals surface area (Å²) in [5.41, 5.74) is 0.482. The van der Waals surface area contributed by atoms with Gasteiger partial charge >= 0.3 is 0 Å². The zero-order valence-electron chi connectivity index (χ0n) is 8.20. The summed E-state index contributed by atoms with van der Waals surface area (Å²) in [6, 6.07) is 0.424. The van der Waals surface area contributed by atoms with Gasteiger partial charge in [0.05, 0.1) is 0 Å². The normalized spacial score (nSPS) is 26.8. The maximum absolute atomic E-state index is 3.86. The first-order chi connectivity index (χ1) is 6.09. The van der Waals surface area contributed by atoms with Gasteiger partial charge in [-0.1, -0.05) is 18.9 Å². The molecule has 13 heavy (non-hydrogen) atoms. The molecule has 2 rings (SSSR count). The van der Waals surface area contributed by atoms with E-state index in [-0.39, 0.29) is 0 Å². The Morgan fingerprint density at radius 2 is 2.31 bits per heavy atom. The van der Waals surface area contributed by atoms with E-state index in [1.807, 2.05) is 0 Å². The van der Waals surface area contributed by atoms with E-state index in [0.29, 0.717) is 17.4 Å². The molecular formula is C8H15N5. The fourth-order valence-corrected chi connectivity index (χ4v) is 1.89. The lowest BCUT2D eigenvalue weighted by molar-refractivity contribution is 0.517. The van der Waals surface area contributed by atoms with Gasteiger partial charge in [0.15, 0.2) is 0 Å². The molecule has 2 unspecified atom stereocenters. The van der Waals surface area contributed by atoms with Gasteiger partial charge in [-0.25, -0.2) is 0 Å². The van der Waals surface area contributed by atoms with Crippen LogP contribution in [0.4, 0.5) is 5.95 Å². The van der Waals surface area contributed by atoms with Crippen LogP contribution < -0.4 is 5.32 Å². The largest absolute Gasteiger partial charge is 0.349 e. The van der Waals surface area contributed by atoms with Gasteiger partial charge in [0.1, 0.15) is 0 Å². The average Bonchev–Trinajstić information content (AvgIpc) is 2.49. The molecular weight excluding hydrogens is 166 g/mol. The number of rotatable bonds is 3. The number of anilines is 1. The molecule has 5 heteroatoms. The fraction of sp³-hybridized carbons (Fsp3) is 0.875. The molecule has 1 aromatic rings. The highest BCUT2D eigenvalue weighted by atomic mass is 15.5. The zero-order valence-corrected chi connectivity index (χ0v) is 8.20. The van der Waals surface area contributed by atoms with Crippen LogP contribution in [0.2, 0.25) is 0 Å². The summed E-state index contributed by atoms with van der Waals surface area (Å²) in [4.78, 5) is 0. The Hall–Kier alpha value is -1.13. The molecule has 72 valence electrons. The lowest BCUT2D eigenvalue weighted by atomic mass is 10.1. The number of H-pyrrole nitrogens is 1. The molecule has 1 aliphatic carbocycles. The predicted octanol–water partition coefficient (Wildman–Crippen LogP) is 1.05. The summed E-state index contributed by atoms with van der Waals surface area (Å²) in [5.74, 6) is 1.32. The van der Waals surface area contributed by atoms with Gasteiger partial charge in [-0.15, -0.1) is 5.10 Å². The maximum atomic E-state index is 3.86. The molecule has 0 amide bonds. The topological polar surface area (TPSA) is 66.5 Å². The molecule has 1 fully saturated rings. The van der Waals surface area contributed by atoms with Crippen LogP contribution in [-0.4, -0.2) is 26.7 Å². The molecule has 0 aliphatic heterocycles. The van der Waals surface area contributed by atoms with Gasteiger partial charge in [-0.2, -0.15) is 5.21 Å². The number of hydrogen-bond acceptors (Lipinski definition) is 4. The molecule has 0 bridgehead atoms. The van der Waals surface area contributed by atoms with Crippen molar-refractivity contribution in [2.24, 2.45) is 11.3 Å². The van der Waals surface area contributed by atoms with Crippen LogP contribution >= 0.6 is 0 Å². The third kappa shape index (κ3) is 1.64. The van der Waals surface area contributed by atoms with Crippen molar-refractivity contribution in [3.63, 3.8) is 0 Å². The Morgan fingerprint density at radius 1 is 1.62 bits per heavy atom. The first kappa shape index (κ1) is 8.47. The van der Waals surface area contributed by atoms with Crippen LogP contribution in [0.15, 0.2) is 0 Å². The van der Waals surface area contributed by atoms with E-state index in [1.165, 1.54) is 6.42 Å². The van der Waals surface area contributed by atoms with Crippen molar-refractivity contribution >= 4 is 5.95 Å². The number of nitrogens with zero attached hydrogens (tertiary/aromatic N) is 3. The number of aromatic amines is 1. The van der Waals surface area contributed by atoms with E-state index >= 15 is 0 Å². The average molecular weight is 181 g/mol. The molecule has 0 saturated heterocycles. The minimum absolute atomic E-state index is 0.424. The molecule has 1 saturated carbocycles. The highest BCUT2D eigenvalue weighted by molar-refractivity contribution is 5.23. The maximum Gasteiger partial charge on any atom is 0.263 e. The Bertz CT molecular complexity index is 279. The number of tetrazole rings is 1. The lowest BCUT2D eigenvalue weighted by Crippen LogP contribution is -2.20. The van der Waals surface area contributed by atoms with Crippen LogP contribution in [0.1, 0.15) is 27.2 Å². The first-order valence-corrected chi connectivity index (χ1v) is 4.59. The van der Waals surface area contributed by atoms with Gasteiger partial charge in [-0.3, -0.25) is 0 Å². The van der Waals surface area contributed by atoms with E-state index in [9.17, 15) is 0 Å². The van der Waals surface area contributed by atoms with Crippen molar-refractivity contribution in [2.75, 3.05) is 5.32 Å². The Kier molecular flexibility index (Phi) is 1.75. The highest BCUT2D eigenvalue weighted by Gasteiger charge is 2.48.